The van der Waals surface area contributed by atoms with Gasteiger partial charge in [0.2, 0.25) is 5.88 Å². The smallest absolute Gasteiger partial charge is 0.259 e. The van der Waals surface area contributed by atoms with Crippen LogP contribution in [-0.2, 0) is 0 Å². The summed E-state index contributed by atoms with van der Waals surface area (Å²) < 4.78 is 8.91. The molecule has 0 radical (unpaired) electrons. The third kappa shape index (κ3) is 3.94. The lowest BCUT2D eigenvalue weighted by molar-refractivity contribution is 0.102. The zero-order chi connectivity index (χ0) is 20.4. The van der Waals surface area contributed by atoms with Crippen molar-refractivity contribution < 1.29 is 9.53 Å². The number of benzene rings is 1. The third-order valence-corrected chi connectivity index (χ3v) is 6.19. The first-order valence-electron chi connectivity index (χ1n) is 8.86. The molecule has 1 N–H and O–H groups in total. The fourth-order valence-electron chi connectivity index (χ4n) is 2.78. The Labute approximate surface area is 175 Å². The average Bonchev–Trinajstić information content (AvgIpc) is 3.31. The maximum absolute atomic E-state index is 12.8. The highest BCUT2D eigenvalue weighted by atomic mass is 32.2. The number of hydrogen-bond donors (Lipinski definition) is 1. The minimum atomic E-state index is -0.235. The molecule has 0 aliphatic rings. The van der Waals surface area contributed by atoms with E-state index in [0.29, 0.717) is 35.2 Å². The first-order valence-corrected chi connectivity index (χ1v) is 10.9. The van der Waals surface area contributed by atoms with E-state index < -0.39 is 0 Å². The number of rotatable bonds is 6. The normalized spacial score (nSPS) is 11.0. The number of nitrogens with zero attached hydrogens (tertiary/aromatic N) is 5. The quantitative estimate of drug-likeness (QED) is 0.466. The zero-order valence-corrected chi connectivity index (χ0v) is 17.7. The van der Waals surface area contributed by atoms with E-state index in [-0.39, 0.29) is 5.91 Å². The first-order chi connectivity index (χ1) is 14.1. The summed E-state index contributed by atoms with van der Waals surface area (Å²) in [5, 5.41) is 15.3. The highest BCUT2D eigenvalue weighted by molar-refractivity contribution is 8.00. The maximum atomic E-state index is 12.8. The minimum absolute atomic E-state index is 0.235. The van der Waals surface area contributed by atoms with Crippen molar-refractivity contribution in [2.45, 2.75) is 18.2 Å². The van der Waals surface area contributed by atoms with Gasteiger partial charge in [-0.2, -0.15) is 5.10 Å². The van der Waals surface area contributed by atoms with Crippen molar-refractivity contribution in [2.24, 2.45) is 0 Å². The van der Waals surface area contributed by atoms with Crippen LogP contribution in [0.25, 0.3) is 16.0 Å². The van der Waals surface area contributed by atoms with Crippen LogP contribution in [0.5, 0.6) is 5.88 Å². The van der Waals surface area contributed by atoms with Crippen molar-refractivity contribution in [3.05, 3.63) is 47.8 Å². The van der Waals surface area contributed by atoms with Crippen molar-refractivity contribution in [1.29, 1.82) is 0 Å². The van der Waals surface area contributed by atoms with Gasteiger partial charge in [-0.05, 0) is 44.4 Å². The van der Waals surface area contributed by atoms with Gasteiger partial charge >= 0.3 is 0 Å². The van der Waals surface area contributed by atoms with Crippen LogP contribution in [-0.4, -0.2) is 43.7 Å². The summed E-state index contributed by atoms with van der Waals surface area (Å²) in [6, 6.07) is 9.16. The Hall–Kier alpha value is -2.98. The maximum Gasteiger partial charge on any atom is 0.259 e. The van der Waals surface area contributed by atoms with E-state index in [9.17, 15) is 4.79 Å². The lowest BCUT2D eigenvalue weighted by Crippen LogP contribution is -2.13. The SMILES string of the molecule is CCOc1ccc(-n2ncc(C(=O)Nc3ccc4nc(SC)sc4c3)c2C)nn1. The Balaban J connectivity index is 1.55. The van der Waals surface area contributed by atoms with Crippen molar-refractivity contribution in [3.63, 3.8) is 0 Å². The van der Waals surface area contributed by atoms with Gasteiger partial charge in [0.25, 0.3) is 5.91 Å². The number of amides is 1. The fourth-order valence-corrected chi connectivity index (χ4v) is 4.31. The molecule has 1 aromatic carbocycles. The molecule has 3 heterocycles. The third-order valence-electron chi connectivity index (χ3n) is 4.19. The van der Waals surface area contributed by atoms with Crippen LogP contribution >= 0.6 is 23.1 Å². The van der Waals surface area contributed by atoms with Gasteiger partial charge in [0.15, 0.2) is 10.2 Å². The number of carbonyl (C=O) groups excluding carboxylic acids is 1. The van der Waals surface area contributed by atoms with Crippen LogP contribution < -0.4 is 10.1 Å². The van der Waals surface area contributed by atoms with Gasteiger partial charge in [0, 0.05) is 11.8 Å². The molecule has 0 saturated heterocycles. The Kier molecular flexibility index (Phi) is 5.45. The molecule has 148 valence electrons. The molecule has 0 aliphatic carbocycles. The topological polar surface area (TPSA) is 94.8 Å². The number of ether oxygens (including phenoxy) is 1. The molecule has 29 heavy (non-hydrogen) atoms. The Morgan fingerprint density at radius 3 is 2.86 bits per heavy atom. The van der Waals surface area contributed by atoms with Crippen LogP contribution in [0.2, 0.25) is 0 Å². The second-order valence-corrected chi connectivity index (χ2v) is 8.12. The molecule has 0 saturated carbocycles. The molecule has 1 amide bonds. The van der Waals surface area contributed by atoms with Crippen molar-refractivity contribution in [2.75, 3.05) is 18.2 Å². The highest BCUT2D eigenvalue weighted by Gasteiger charge is 2.17. The monoisotopic (exact) mass is 426 g/mol. The largest absolute Gasteiger partial charge is 0.477 e. The summed E-state index contributed by atoms with van der Waals surface area (Å²) in [5.74, 6) is 0.726. The van der Waals surface area contributed by atoms with Gasteiger partial charge in [0.1, 0.15) is 0 Å². The highest BCUT2D eigenvalue weighted by Crippen LogP contribution is 2.30. The summed E-state index contributed by atoms with van der Waals surface area (Å²) in [4.78, 5) is 17.3. The van der Waals surface area contributed by atoms with Crippen LogP contribution in [0, 0.1) is 6.92 Å². The lowest BCUT2D eigenvalue weighted by atomic mass is 10.2. The molecule has 4 aromatic rings. The summed E-state index contributed by atoms with van der Waals surface area (Å²) >= 11 is 3.21. The number of nitrogens with one attached hydrogen (secondary N) is 1. The van der Waals surface area contributed by atoms with Crippen LogP contribution in [0.1, 0.15) is 23.0 Å². The summed E-state index contributed by atoms with van der Waals surface area (Å²) in [7, 11) is 0. The number of aromatic nitrogens is 5. The van der Waals surface area contributed by atoms with Crippen molar-refractivity contribution in [3.8, 4) is 11.7 Å². The molecule has 0 unspecified atom stereocenters. The van der Waals surface area contributed by atoms with E-state index in [1.54, 1.807) is 39.9 Å². The van der Waals surface area contributed by atoms with Crippen molar-refractivity contribution in [1.82, 2.24) is 25.0 Å². The predicted molar refractivity (Wildman–Crippen MR) is 114 cm³/mol. The molecule has 0 spiro atoms. The summed E-state index contributed by atoms with van der Waals surface area (Å²) in [6.45, 7) is 4.22. The lowest BCUT2D eigenvalue weighted by Gasteiger charge is -2.06. The molecule has 0 atom stereocenters. The minimum Gasteiger partial charge on any atom is -0.477 e. The first kappa shape index (κ1) is 19.3. The molecule has 4 rings (SSSR count). The van der Waals surface area contributed by atoms with Gasteiger partial charge in [-0.25, -0.2) is 9.67 Å². The standard InChI is InChI=1S/C19H18N6O2S2/c1-4-27-17-8-7-16(23-24-17)25-11(2)13(10-20-25)18(26)21-12-5-6-14-15(9-12)29-19(22-14)28-3/h5-10H,4H2,1-3H3,(H,21,26). The molecule has 3 aromatic heterocycles. The van der Waals surface area contributed by atoms with E-state index in [4.69, 9.17) is 4.74 Å². The van der Waals surface area contributed by atoms with E-state index in [1.807, 2.05) is 38.3 Å². The number of thioether (sulfide) groups is 1. The summed E-state index contributed by atoms with van der Waals surface area (Å²) in [6.07, 6.45) is 3.52. The summed E-state index contributed by atoms with van der Waals surface area (Å²) in [5.41, 5.74) is 2.78. The van der Waals surface area contributed by atoms with E-state index in [1.165, 1.54) is 6.20 Å². The van der Waals surface area contributed by atoms with E-state index >= 15 is 0 Å². The average molecular weight is 427 g/mol. The Morgan fingerprint density at radius 2 is 2.14 bits per heavy atom. The van der Waals surface area contributed by atoms with Gasteiger partial charge in [-0.3, -0.25) is 4.79 Å². The number of anilines is 1. The Bertz CT molecular complexity index is 1170. The van der Waals surface area contributed by atoms with Crippen LogP contribution in [0.3, 0.4) is 0 Å². The zero-order valence-electron chi connectivity index (χ0n) is 16.0. The van der Waals surface area contributed by atoms with Gasteiger partial charge in [-0.15, -0.1) is 21.5 Å². The number of thiazole rings is 1. The van der Waals surface area contributed by atoms with Gasteiger partial charge < -0.3 is 10.1 Å². The fraction of sp³-hybridized carbons (Fsp3) is 0.211. The van der Waals surface area contributed by atoms with Crippen LogP contribution in [0.15, 0.2) is 40.9 Å². The van der Waals surface area contributed by atoms with Crippen molar-refractivity contribution >= 4 is 44.9 Å². The Morgan fingerprint density at radius 1 is 1.28 bits per heavy atom. The van der Waals surface area contributed by atoms with Crippen LogP contribution in [0.4, 0.5) is 5.69 Å². The molecule has 8 nitrogen and oxygen atoms in total. The second-order valence-electron chi connectivity index (χ2n) is 6.04. The van der Waals surface area contributed by atoms with Gasteiger partial charge in [-0.1, -0.05) is 11.8 Å². The van der Waals surface area contributed by atoms with E-state index in [0.717, 1.165) is 14.6 Å². The number of hydrogen-bond acceptors (Lipinski definition) is 8. The van der Waals surface area contributed by atoms with E-state index in [2.05, 4.69) is 25.6 Å². The molecule has 0 bridgehead atoms. The second kappa shape index (κ2) is 8.18. The number of fused-ring (bicyclic) bond motifs is 1. The predicted octanol–water partition coefficient (Wildman–Crippen LogP) is 3.95. The molecular formula is C19H18N6O2S2. The molecule has 0 fully saturated rings. The molecule has 0 aliphatic heterocycles. The number of carbonyl (C=O) groups is 1. The van der Waals surface area contributed by atoms with Gasteiger partial charge in [0.05, 0.1) is 34.3 Å². The molecular weight excluding hydrogens is 408 g/mol. The molecule has 10 heteroatoms.